The summed E-state index contributed by atoms with van der Waals surface area (Å²) < 4.78 is 15.3. The van der Waals surface area contributed by atoms with E-state index in [2.05, 4.69) is 36.2 Å². The highest BCUT2D eigenvalue weighted by atomic mass is 32.1. The summed E-state index contributed by atoms with van der Waals surface area (Å²) in [5.41, 5.74) is 2.93. The molecule has 0 aliphatic rings. The van der Waals surface area contributed by atoms with Crippen molar-refractivity contribution in [3.63, 3.8) is 0 Å². The van der Waals surface area contributed by atoms with Crippen molar-refractivity contribution in [3.05, 3.63) is 47.4 Å². The van der Waals surface area contributed by atoms with E-state index in [9.17, 15) is 9.18 Å². The van der Waals surface area contributed by atoms with Gasteiger partial charge in [-0.1, -0.05) is 0 Å². The lowest BCUT2D eigenvalue weighted by molar-refractivity contribution is -0.120. The number of nitrogens with zero attached hydrogens (tertiary/aromatic N) is 4. The Morgan fingerprint density at radius 3 is 2.69 bits per heavy atom. The predicted octanol–water partition coefficient (Wildman–Crippen LogP) is 4.14. The standard InChI is InChI=1S/C21H22FN5OS/c1-21(2,3)27-19(14-5-7-15(22)8-6-14)17(12-25-27)20-26-16(13-29-20)11-18(28)24-10-4-9-23/h5-8,12-13H,4,10-11H2,1-3H3,(H,24,28). The number of aromatic nitrogens is 3. The van der Waals surface area contributed by atoms with Gasteiger partial charge in [0.1, 0.15) is 10.8 Å². The number of nitrogens with one attached hydrogen (secondary N) is 1. The zero-order valence-corrected chi connectivity index (χ0v) is 17.4. The van der Waals surface area contributed by atoms with Gasteiger partial charge in [-0.15, -0.1) is 11.3 Å². The second kappa shape index (κ2) is 8.53. The van der Waals surface area contributed by atoms with Gasteiger partial charge in [-0.05, 0) is 45.0 Å². The Kier molecular flexibility index (Phi) is 6.09. The van der Waals surface area contributed by atoms with Gasteiger partial charge in [-0.3, -0.25) is 9.48 Å². The van der Waals surface area contributed by atoms with E-state index in [4.69, 9.17) is 5.26 Å². The Balaban J connectivity index is 1.93. The lowest BCUT2D eigenvalue weighted by atomic mass is 10.0. The summed E-state index contributed by atoms with van der Waals surface area (Å²) in [4.78, 5) is 16.6. The summed E-state index contributed by atoms with van der Waals surface area (Å²) in [7, 11) is 0. The van der Waals surface area contributed by atoms with Crippen molar-refractivity contribution in [3.8, 4) is 27.9 Å². The maximum Gasteiger partial charge on any atom is 0.226 e. The van der Waals surface area contributed by atoms with Crippen molar-refractivity contribution in [2.45, 2.75) is 39.2 Å². The van der Waals surface area contributed by atoms with Crippen LogP contribution in [0.4, 0.5) is 4.39 Å². The summed E-state index contributed by atoms with van der Waals surface area (Å²) >= 11 is 1.44. The molecule has 0 saturated heterocycles. The van der Waals surface area contributed by atoms with Crippen molar-refractivity contribution in [2.24, 2.45) is 0 Å². The predicted molar refractivity (Wildman–Crippen MR) is 111 cm³/mol. The average Bonchev–Trinajstić information content (AvgIpc) is 3.29. The number of nitriles is 1. The van der Waals surface area contributed by atoms with E-state index in [1.165, 1.54) is 23.5 Å². The lowest BCUT2D eigenvalue weighted by Gasteiger charge is -2.23. The van der Waals surface area contributed by atoms with Crippen LogP contribution >= 0.6 is 11.3 Å². The first-order valence-electron chi connectivity index (χ1n) is 9.22. The highest BCUT2D eigenvalue weighted by Crippen LogP contribution is 2.36. The topological polar surface area (TPSA) is 83.6 Å². The molecule has 150 valence electrons. The minimum atomic E-state index is -0.295. The molecule has 1 N–H and O–H groups in total. The Morgan fingerprint density at radius 1 is 1.31 bits per heavy atom. The maximum absolute atomic E-state index is 13.4. The van der Waals surface area contributed by atoms with Gasteiger partial charge in [-0.2, -0.15) is 10.4 Å². The van der Waals surface area contributed by atoms with Crippen LogP contribution < -0.4 is 5.32 Å². The molecular formula is C21H22FN5OS. The van der Waals surface area contributed by atoms with Gasteiger partial charge in [-0.25, -0.2) is 9.37 Å². The second-order valence-electron chi connectivity index (χ2n) is 7.58. The fourth-order valence-corrected chi connectivity index (χ4v) is 3.73. The van der Waals surface area contributed by atoms with Gasteiger partial charge in [0.05, 0.1) is 47.6 Å². The van der Waals surface area contributed by atoms with Crippen LogP contribution in [-0.2, 0) is 16.8 Å². The molecule has 0 unspecified atom stereocenters. The number of hydrogen-bond acceptors (Lipinski definition) is 5. The van der Waals surface area contributed by atoms with Gasteiger partial charge < -0.3 is 5.32 Å². The molecule has 1 amide bonds. The Labute approximate surface area is 173 Å². The van der Waals surface area contributed by atoms with Gasteiger partial charge in [0.15, 0.2) is 0 Å². The van der Waals surface area contributed by atoms with Crippen molar-refractivity contribution in [1.82, 2.24) is 20.1 Å². The van der Waals surface area contributed by atoms with Crippen molar-refractivity contribution in [2.75, 3.05) is 6.54 Å². The fraction of sp³-hybridized carbons (Fsp3) is 0.333. The van der Waals surface area contributed by atoms with Crippen LogP contribution in [0.25, 0.3) is 21.8 Å². The SMILES string of the molecule is CC(C)(C)n1ncc(-c2nc(CC(=O)NCCC#N)cs2)c1-c1ccc(F)cc1. The highest BCUT2D eigenvalue weighted by molar-refractivity contribution is 7.13. The first kappa shape index (κ1) is 20.7. The second-order valence-corrected chi connectivity index (χ2v) is 8.43. The number of rotatable bonds is 6. The molecule has 0 spiro atoms. The van der Waals surface area contributed by atoms with Crippen LogP contribution in [0.1, 0.15) is 32.9 Å². The summed E-state index contributed by atoms with van der Waals surface area (Å²) in [6, 6.07) is 8.31. The molecule has 29 heavy (non-hydrogen) atoms. The van der Waals surface area contributed by atoms with Crippen LogP contribution in [0.2, 0.25) is 0 Å². The minimum absolute atomic E-state index is 0.154. The molecular weight excluding hydrogens is 389 g/mol. The summed E-state index contributed by atoms with van der Waals surface area (Å²) in [5.74, 6) is -0.461. The molecule has 6 nitrogen and oxygen atoms in total. The van der Waals surface area contributed by atoms with Crippen molar-refractivity contribution >= 4 is 17.2 Å². The smallest absolute Gasteiger partial charge is 0.226 e. The van der Waals surface area contributed by atoms with E-state index in [0.29, 0.717) is 12.2 Å². The summed E-state index contributed by atoms with van der Waals surface area (Å²) in [6.07, 6.45) is 2.20. The number of hydrogen-bond donors (Lipinski definition) is 1. The largest absolute Gasteiger partial charge is 0.355 e. The van der Waals surface area contributed by atoms with E-state index in [-0.39, 0.29) is 30.1 Å². The maximum atomic E-state index is 13.4. The lowest BCUT2D eigenvalue weighted by Crippen LogP contribution is -2.25. The zero-order chi connectivity index (χ0) is 21.0. The number of thiazole rings is 1. The molecule has 8 heteroatoms. The van der Waals surface area contributed by atoms with E-state index in [0.717, 1.165) is 21.8 Å². The van der Waals surface area contributed by atoms with E-state index in [1.807, 2.05) is 16.1 Å². The van der Waals surface area contributed by atoms with Crippen LogP contribution in [0.3, 0.4) is 0 Å². The van der Waals surface area contributed by atoms with Crippen LogP contribution in [0.5, 0.6) is 0 Å². The Bertz CT molecular complexity index is 1040. The third kappa shape index (κ3) is 4.87. The number of amides is 1. The molecule has 0 saturated carbocycles. The number of carbonyl (C=O) groups excluding carboxylic acids is 1. The first-order chi connectivity index (χ1) is 13.8. The molecule has 1 aromatic carbocycles. The molecule has 0 bridgehead atoms. The number of carbonyl (C=O) groups is 1. The first-order valence-corrected chi connectivity index (χ1v) is 10.1. The molecule has 0 aliphatic heterocycles. The fourth-order valence-electron chi connectivity index (χ4n) is 2.90. The van der Waals surface area contributed by atoms with Crippen LogP contribution in [-0.4, -0.2) is 27.2 Å². The monoisotopic (exact) mass is 411 g/mol. The number of benzene rings is 1. The molecule has 3 aromatic rings. The zero-order valence-electron chi connectivity index (χ0n) is 16.6. The Hall–Kier alpha value is -3.05. The van der Waals surface area contributed by atoms with E-state index < -0.39 is 0 Å². The van der Waals surface area contributed by atoms with Crippen molar-refractivity contribution < 1.29 is 9.18 Å². The number of halogens is 1. The van der Waals surface area contributed by atoms with Crippen LogP contribution in [0.15, 0.2) is 35.8 Å². The summed E-state index contributed by atoms with van der Waals surface area (Å²) in [5, 5.41) is 18.4. The minimum Gasteiger partial charge on any atom is -0.355 e. The van der Waals surface area contributed by atoms with Gasteiger partial charge in [0, 0.05) is 17.5 Å². The third-order valence-corrected chi connectivity index (χ3v) is 5.13. The van der Waals surface area contributed by atoms with Gasteiger partial charge in [0.2, 0.25) is 5.91 Å². The molecule has 0 atom stereocenters. The van der Waals surface area contributed by atoms with Crippen molar-refractivity contribution in [1.29, 1.82) is 5.26 Å². The highest BCUT2D eigenvalue weighted by Gasteiger charge is 2.24. The van der Waals surface area contributed by atoms with E-state index in [1.54, 1.807) is 18.3 Å². The van der Waals surface area contributed by atoms with E-state index >= 15 is 0 Å². The van der Waals surface area contributed by atoms with Crippen LogP contribution in [0, 0.1) is 17.1 Å². The third-order valence-electron chi connectivity index (χ3n) is 4.21. The molecule has 3 rings (SSSR count). The molecule has 0 radical (unpaired) electrons. The molecule has 2 aromatic heterocycles. The van der Waals surface area contributed by atoms with Gasteiger partial charge >= 0.3 is 0 Å². The van der Waals surface area contributed by atoms with Gasteiger partial charge in [0.25, 0.3) is 0 Å². The normalized spacial score (nSPS) is 11.3. The Morgan fingerprint density at radius 2 is 2.03 bits per heavy atom. The average molecular weight is 412 g/mol. The molecule has 0 fully saturated rings. The molecule has 2 heterocycles. The quantitative estimate of drug-likeness (QED) is 0.618. The summed E-state index contributed by atoms with van der Waals surface area (Å²) in [6.45, 7) is 6.49. The molecule has 0 aliphatic carbocycles.